The van der Waals surface area contributed by atoms with Gasteiger partial charge >= 0.3 is 0 Å². The summed E-state index contributed by atoms with van der Waals surface area (Å²) < 4.78 is 27.8. The molecule has 0 spiro atoms. The highest BCUT2D eigenvalue weighted by Crippen LogP contribution is 2.35. The number of benzene rings is 2. The maximum Gasteiger partial charge on any atom is 0.264 e. The van der Waals surface area contributed by atoms with Crippen LogP contribution in [0.4, 0.5) is 5.69 Å². The zero-order valence-electron chi connectivity index (χ0n) is 13.3. The predicted molar refractivity (Wildman–Crippen MR) is 102 cm³/mol. The summed E-state index contributed by atoms with van der Waals surface area (Å²) in [6.45, 7) is 3.86. The predicted octanol–water partition coefficient (Wildman–Crippen LogP) is 6.03. The van der Waals surface area contributed by atoms with Crippen LogP contribution >= 0.6 is 34.8 Å². The van der Waals surface area contributed by atoms with E-state index >= 15 is 0 Å². The normalized spacial score (nSPS) is 12.9. The molecular formula is C17H18Cl3NO2S. The van der Waals surface area contributed by atoms with Gasteiger partial charge in [-0.25, -0.2) is 8.42 Å². The number of hydrogen-bond acceptors (Lipinski definition) is 2. The lowest BCUT2D eigenvalue weighted by molar-refractivity contribution is 0.569. The molecule has 0 saturated carbocycles. The third-order valence-electron chi connectivity index (χ3n) is 3.62. The largest absolute Gasteiger partial charge is 0.264 e. The highest BCUT2D eigenvalue weighted by atomic mass is 35.5. The van der Waals surface area contributed by atoms with Gasteiger partial charge in [0, 0.05) is 16.1 Å². The van der Waals surface area contributed by atoms with Gasteiger partial charge in [-0.3, -0.25) is 4.31 Å². The van der Waals surface area contributed by atoms with Gasteiger partial charge in [-0.2, -0.15) is 0 Å². The Balaban J connectivity index is 2.61. The lowest BCUT2D eigenvalue weighted by Gasteiger charge is -2.31. The van der Waals surface area contributed by atoms with E-state index in [0.717, 1.165) is 6.42 Å². The zero-order valence-corrected chi connectivity index (χ0v) is 16.4. The van der Waals surface area contributed by atoms with Crippen LogP contribution in [0.1, 0.15) is 26.7 Å². The van der Waals surface area contributed by atoms with E-state index in [9.17, 15) is 8.42 Å². The number of halogens is 3. The molecule has 0 N–H and O–H groups in total. The molecule has 0 fully saturated rings. The van der Waals surface area contributed by atoms with Crippen LogP contribution in [0.15, 0.2) is 47.4 Å². The first kappa shape index (κ1) is 19.4. The van der Waals surface area contributed by atoms with E-state index < -0.39 is 10.0 Å². The Kier molecular flexibility index (Phi) is 6.43. The molecule has 2 aromatic carbocycles. The lowest BCUT2D eigenvalue weighted by atomic mass is 10.2. The topological polar surface area (TPSA) is 37.4 Å². The molecule has 0 radical (unpaired) electrons. The Morgan fingerprint density at radius 1 is 1.00 bits per heavy atom. The summed E-state index contributed by atoms with van der Waals surface area (Å²) in [6, 6.07) is 10.6. The van der Waals surface area contributed by atoms with Gasteiger partial charge in [0.1, 0.15) is 0 Å². The van der Waals surface area contributed by atoms with Gasteiger partial charge < -0.3 is 0 Å². The van der Waals surface area contributed by atoms with E-state index in [1.54, 1.807) is 30.3 Å². The SMILES string of the molecule is CCC[C@@H](C)N(c1cc(Cl)ccc1Cl)S(=O)(=O)c1ccc(Cl)cc1. The van der Waals surface area contributed by atoms with E-state index in [-0.39, 0.29) is 10.9 Å². The van der Waals surface area contributed by atoms with E-state index in [0.29, 0.717) is 27.2 Å². The van der Waals surface area contributed by atoms with Crippen molar-refractivity contribution in [3.05, 3.63) is 57.5 Å². The van der Waals surface area contributed by atoms with Crippen LogP contribution < -0.4 is 4.31 Å². The average molecular weight is 407 g/mol. The van der Waals surface area contributed by atoms with Gasteiger partial charge in [0.15, 0.2) is 0 Å². The second-order valence-electron chi connectivity index (χ2n) is 5.49. The minimum atomic E-state index is -3.80. The molecule has 0 bridgehead atoms. The first-order valence-corrected chi connectivity index (χ1v) is 10.1. The van der Waals surface area contributed by atoms with Crippen LogP contribution in [-0.4, -0.2) is 14.5 Å². The lowest BCUT2D eigenvalue weighted by Crippen LogP contribution is -2.39. The quantitative estimate of drug-likeness (QED) is 0.587. The molecular weight excluding hydrogens is 389 g/mol. The molecule has 0 unspecified atom stereocenters. The second-order valence-corrected chi connectivity index (χ2v) is 8.58. The fourth-order valence-corrected chi connectivity index (χ4v) is 4.76. The van der Waals surface area contributed by atoms with Gasteiger partial charge in [0.05, 0.1) is 15.6 Å². The molecule has 2 aromatic rings. The average Bonchev–Trinajstić information content (AvgIpc) is 2.51. The van der Waals surface area contributed by atoms with Gasteiger partial charge in [0.2, 0.25) is 0 Å². The molecule has 130 valence electrons. The Hall–Kier alpha value is -0.940. The summed E-state index contributed by atoms with van der Waals surface area (Å²) in [4.78, 5) is 0.158. The fraction of sp³-hybridized carbons (Fsp3) is 0.294. The van der Waals surface area contributed by atoms with Crippen molar-refractivity contribution >= 4 is 50.5 Å². The zero-order chi connectivity index (χ0) is 17.9. The van der Waals surface area contributed by atoms with E-state index in [4.69, 9.17) is 34.8 Å². The van der Waals surface area contributed by atoms with E-state index in [1.165, 1.54) is 16.4 Å². The number of sulfonamides is 1. The van der Waals surface area contributed by atoms with Crippen molar-refractivity contribution in [3.8, 4) is 0 Å². The molecule has 0 heterocycles. The monoisotopic (exact) mass is 405 g/mol. The maximum absolute atomic E-state index is 13.2. The first-order valence-electron chi connectivity index (χ1n) is 7.52. The molecule has 0 saturated heterocycles. The minimum absolute atomic E-state index is 0.158. The molecule has 0 aliphatic heterocycles. The second kappa shape index (κ2) is 7.96. The van der Waals surface area contributed by atoms with Crippen LogP contribution in [0, 0.1) is 0 Å². The Morgan fingerprint density at radius 2 is 1.58 bits per heavy atom. The summed E-state index contributed by atoms with van der Waals surface area (Å²) >= 11 is 18.2. The number of anilines is 1. The molecule has 24 heavy (non-hydrogen) atoms. The number of nitrogens with zero attached hydrogens (tertiary/aromatic N) is 1. The minimum Gasteiger partial charge on any atom is -0.262 e. The Labute approximate surface area is 158 Å². The molecule has 0 amide bonds. The molecule has 0 aliphatic rings. The Morgan fingerprint density at radius 3 is 2.17 bits per heavy atom. The molecule has 2 rings (SSSR count). The molecule has 0 aliphatic carbocycles. The smallest absolute Gasteiger partial charge is 0.262 e. The van der Waals surface area contributed by atoms with Crippen molar-refractivity contribution in [2.75, 3.05) is 4.31 Å². The molecule has 7 heteroatoms. The molecule has 0 aromatic heterocycles. The summed E-state index contributed by atoms with van der Waals surface area (Å²) in [6.07, 6.45) is 1.53. The van der Waals surface area contributed by atoms with Crippen molar-refractivity contribution in [2.24, 2.45) is 0 Å². The third-order valence-corrected chi connectivity index (χ3v) is 6.37. The van der Waals surface area contributed by atoms with Crippen LogP contribution in [0.5, 0.6) is 0 Å². The van der Waals surface area contributed by atoms with Gasteiger partial charge in [0.25, 0.3) is 10.0 Å². The van der Waals surface area contributed by atoms with Crippen molar-refractivity contribution in [1.82, 2.24) is 0 Å². The van der Waals surface area contributed by atoms with Crippen LogP contribution in [0.3, 0.4) is 0 Å². The van der Waals surface area contributed by atoms with Crippen LogP contribution in [0.2, 0.25) is 15.1 Å². The van der Waals surface area contributed by atoms with Gasteiger partial charge in [-0.05, 0) is 55.8 Å². The van der Waals surface area contributed by atoms with Crippen molar-refractivity contribution < 1.29 is 8.42 Å². The number of hydrogen-bond donors (Lipinski definition) is 0. The van der Waals surface area contributed by atoms with E-state index in [2.05, 4.69) is 0 Å². The standard InChI is InChI=1S/C17H18Cl3NO2S/c1-3-4-12(2)21(17-11-14(19)7-10-16(17)20)24(22,23)15-8-5-13(18)6-9-15/h5-12H,3-4H2,1-2H3/t12-/m1/s1. The summed E-state index contributed by atoms with van der Waals surface area (Å²) in [5, 5.41) is 1.23. The highest BCUT2D eigenvalue weighted by Gasteiger charge is 2.30. The summed E-state index contributed by atoms with van der Waals surface area (Å²) in [5.74, 6) is 0. The third kappa shape index (κ3) is 4.17. The molecule has 1 atom stereocenters. The van der Waals surface area contributed by atoms with Gasteiger partial charge in [-0.15, -0.1) is 0 Å². The van der Waals surface area contributed by atoms with Crippen molar-refractivity contribution in [2.45, 2.75) is 37.6 Å². The van der Waals surface area contributed by atoms with Crippen molar-refractivity contribution in [3.63, 3.8) is 0 Å². The fourth-order valence-electron chi connectivity index (χ4n) is 2.51. The highest BCUT2D eigenvalue weighted by molar-refractivity contribution is 7.92. The maximum atomic E-state index is 13.2. The molecule has 3 nitrogen and oxygen atoms in total. The summed E-state index contributed by atoms with van der Waals surface area (Å²) in [5.41, 5.74) is 0.375. The van der Waals surface area contributed by atoms with Gasteiger partial charge in [-0.1, -0.05) is 48.1 Å². The van der Waals surface area contributed by atoms with Crippen molar-refractivity contribution in [1.29, 1.82) is 0 Å². The van der Waals surface area contributed by atoms with E-state index in [1.807, 2.05) is 13.8 Å². The van der Waals surface area contributed by atoms with Crippen LogP contribution in [0.25, 0.3) is 0 Å². The Bertz CT molecular complexity index is 807. The van der Waals surface area contributed by atoms with Crippen LogP contribution in [-0.2, 0) is 10.0 Å². The summed E-state index contributed by atoms with van der Waals surface area (Å²) in [7, 11) is -3.80. The number of rotatable bonds is 6. The first-order chi connectivity index (χ1) is 11.3.